The van der Waals surface area contributed by atoms with E-state index in [1.165, 1.54) is 0 Å². The van der Waals surface area contributed by atoms with Crippen molar-refractivity contribution in [1.82, 2.24) is 5.06 Å². The van der Waals surface area contributed by atoms with Gasteiger partial charge >= 0.3 is 0 Å². The highest BCUT2D eigenvalue weighted by molar-refractivity contribution is 4.90. The monoisotopic (exact) mass is 127 g/mol. The minimum Gasteiger partial charge on any atom is -0.299 e. The van der Waals surface area contributed by atoms with Crippen molar-refractivity contribution in [2.75, 3.05) is 19.7 Å². The average molecular weight is 127 g/mol. The van der Waals surface area contributed by atoms with Gasteiger partial charge in [0.15, 0.2) is 0 Å². The van der Waals surface area contributed by atoms with Crippen LogP contribution < -0.4 is 0 Å². The maximum Gasteiger partial charge on any atom is 0.0698 e. The smallest absolute Gasteiger partial charge is 0.0698 e. The van der Waals surface area contributed by atoms with E-state index in [4.69, 9.17) is 4.84 Å². The molecule has 0 amide bonds. The molecule has 2 heteroatoms. The Morgan fingerprint density at radius 2 is 2.56 bits per heavy atom. The van der Waals surface area contributed by atoms with Gasteiger partial charge in [-0.3, -0.25) is 4.84 Å². The molecule has 0 saturated carbocycles. The maximum atomic E-state index is 5.24. The number of hydroxylamine groups is 2. The van der Waals surface area contributed by atoms with Gasteiger partial charge in [-0.15, -0.1) is 0 Å². The highest BCUT2D eigenvalue weighted by Gasteiger charge is 2.10. The molecule has 0 bridgehead atoms. The second-order valence-electron chi connectivity index (χ2n) is 2.51. The average Bonchev–Trinajstić information content (AvgIpc) is 2.15. The second kappa shape index (κ2) is 2.99. The summed E-state index contributed by atoms with van der Waals surface area (Å²) in [7, 11) is 0. The van der Waals surface area contributed by atoms with Crippen molar-refractivity contribution in [2.24, 2.45) is 0 Å². The molecule has 1 aliphatic rings. The van der Waals surface area contributed by atoms with Gasteiger partial charge in [-0.25, -0.2) is 0 Å². The third kappa shape index (κ3) is 2.16. The second-order valence-corrected chi connectivity index (χ2v) is 2.51. The van der Waals surface area contributed by atoms with Crippen molar-refractivity contribution >= 4 is 0 Å². The summed E-state index contributed by atoms with van der Waals surface area (Å²) in [6.45, 7) is 8.65. The van der Waals surface area contributed by atoms with Crippen LogP contribution in [0.4, 0.5) is 0 Å². The first-order valence-electron chi connectivity index (χ1n) is 3.31. The molecule has 0 unspecified atom stereocenters. The zero-order valence-electron chi connectivity index (χ0n) is 5.89. The van der Waals surface area contributed by atoms with Crippen LogP contribution in [0.25, 0.3) is 0 Å². The van der Waals surface area contributed by atoms with Crippen molar-refractivity contribution in [3.8, 4) is 0 Å². The van der Waals surface area contributed by atoms with Crippen LogP contribution in [0.5, 0.6) is 0 Å². The number of hydrogen-bond acceptors (Lipinski definition) is 2. The van der Waals surface area contributed by atoms with Crippen molar-refractivity contribution < 1.29 is 4.84 Å². The van der Waals surface area contributed by atoms with Crippen LogP contribution in [0.2, 0.25) is 0 Å². The summed E-state index contributed by atoms with van der Waals surface area (Å²) in [4.78, 5) is 5.24. The summed E-state index contributed by atoms with van der Waals surface area (Å²) < 4.78 is 0. The lowest BCUT2D eigenvalue weighted by molar-refractivity contribution is -0.102. The van der Waals surface area contributed by atoms with Crippen molar-refractivity contribution in [3.05, 3.63) is 12.2 Å². The van der Waals surface area contributed by atoms with E-state index >= 15 is 0 Å². The maximum absolute atomic E-state index is 5.24. The van der Waals surface area contributed by atoms with E-state index in [0.29, 0.717) is 0 Å². The summed E-state index contributed by atoms with van der Waals surface area (Å²) in [6.07, 6.45) is 1.16. The molecular weight excluding hydrogens is 114 g/mol. The fourth-order valence-corrected chi connectivity index (χ4v) is 0.925. The first-order valence-corrected chi connectivity index (χ1v) is 3.31. The molecule has 1 fully saturated rings. The Balaban J connectivity index is 2.19. The SMILES string of the molecule is C=C(C)CN1CCCO1. The molecule has 1 saturated heterocycles. The molecule has 1 heterocycles. The molecule has 0 spiro atoms. The minimum atomic E-state index is 0.882. The van der Waals surface area contributed by atoms with Crippen LogP contribution >= 0.6 is 0 Å². The van der Waals surface area contributed by atoms with E-state index in [9.17, 15) is 0 Å². The molecule has 0 radical (unpaired) electrons. The van der Waals surface area contributed by atoms with Crippen LogP contribution in [-0.2, 0) is 4.84 Å². The Hall–Kier alpha value is -0.340. The van der Waals surface area contributed by atoms with Gasteiger partial charge in [0.1, 0.15) is 0 Å². The van der Waals surface area contributed by atoms with Gasteiger partial charge < -0.3 is 0 Å². The lowest BCUT2D eigenvalue weighted by Crippen LogP contribution is -2.19. The standard InChI is InChI=1S/C7H13NO/c1-7(2)6-8-4-3-5-9-8/h1,3-6H2,2H3. The predicted octanol–water partition coefficient (Wildman–Crippen LogP) is 1.20. The number of rotatable bonds is 2. The normalized spacial score (nSPS) is 20.6. The summed E-state index contributed by atoms with van der Waals surface area (Å²) in [5.41, 5.74) is 1.16. The molecule has 9 heavy (non-hydrogen) atoms. The largest absolute Gasteiger partial charge is 0.299 e. The van der Waals surface area contributed by atoms with E-state index in [-0.39, 0.29) is 0 Å². The Bertz CT molecular complexity index is 105. The molecule has 2 nitrogen and oxygen atoms in total. The Labute approximate surface area is 56.1 Å². The quantitative estimate of drug-likeness (QED) is 0.517. The van der Waals surface area contributed by atoms with Crippen molar-refractivity contribution in [2.45, 2.75) is 13.3 Å². The molecule has 0 atom stereocenters. The Morgan fingerprint density at radius 1 is 1.78 bits per heavy atom. The zero-order chi connectivity index (χ0) is 6.69. The molecule has 52 valence electrons. The zero-order valence-corrected chi connectivity index (χ0v) is 5.89. The van der Waals surface area contributed by atoms with Crippen LogP contribution in [0.15, 0.2) is 12.2 Å². The third-order valence-electron chi connectivity index (χ3n) is 1.27. The van der Waals surface area contributed by atoms with E-state index in [1.54, 1.807) is 0 Å². The fourth-order valence-electron chi connectivity index (χ4n) is 0.925. The van der Waals surface area contributed by atoms with Crippen LogP contribution in [-0.4, -0.2) is 24.8 Å². The van der Waals surface area contributed by atoms with Crippen molar-refractivity contribution in [1.29, 1.82) is 0 Å². The van der Waals surface area contributed by atoms with Crippen LogP contribution in [0, 0.1) is 0 Å². The van der Waals surface area contributed by atoms with Gasteiger partial charge in [0, 0.05) is 13.1 Å². The van der Waals surface area contributed by atoms with E-state index in [1.807, 2.05) is 12.0 Å². The summed E-state index contributed by atoms with van der Waals surface area (Å²) >= 11 is 0. The Morgan fingerprint density at radius 3 is 3.00 bits per heavy atom. The molecule has 0 aromatic rings. The van der Waals surface area contributed by atoms with Gasteiger partial charge in [-0.05, 0) is 13.3 Å². The summed E-state index contributed by atoms with van der Waals surface area (Å²) in [5.74, 6) is 0. The van der Waals surface area contributed by atoms with Gasteiger partial charge in [-0.1, -0.05) is 12.2 Å². The summed E-state index contributed by atoms with van der Waals surface area (Å²) in [6, 6.07) is 0. The summed E-state index contributed by atoms with van der Waals surface area (Å²) in [5, 5.41) is 1.96. The van der Waals surface area contributed by atoms with Gasteiger partial charge in [-0.2, -0.15) is 5.06 Å². The molecular formula is C7H13NO. The van der Waals surface area contributed by atoms with Gasteiger partial charge in [0.2, 0.25) is 0 Å². The van der Waals surface area contributed by atoms with Crippen LogP contribution in [0.1, 0.15) is 13.3 Å². The van der Waals surface area contributed by atoms with E-state index < -0.39 is 0 Å². The first kappa shape index (κ1) is 6.78. The highest BCUT2D eigenvalue weighted by atomic mass is 16.7. The molecule has 0 aromatic carbocycles. The molecule has 0 aromatic heterocycles. The lowest BCUT2D eigenvalue weighted by atomic mass is 10.3. The minimum absolute atomic E-state index is 0.882. The molecule has 1 rings (SSSR count). The van der Waals surface area contributed by atoms with Gasteiger partial charge in [0.05, 0.1) is 6.61 Å². The van der Waals surface area contributed by atoms with Gasteiger partial charge in [0.25, 0.3) is 0 Å². The topological polar surface area (TPSA) is 12.5 Å². The number of nitrogens with zero attached hydrogens (tertiary/aromatic N) is 1. The predicted molar refractivity (Wildman–Crippen MR) is 37.0 cm³/mol. The first-order chi connectivity index (χ1) is 4.29. The van der Waals surface area contributed by atoms with E-state index in [0.717, 1.165) is 31.7 Å². The third-order valence-corrected chi connectivity index (χ3v) is 1.27. The number of hydrogen-bond donors (Lipinski definition) is 0. The van der Waals surface area contributed by atoms with Crippen molar-refractivity contribution in [3.63, 3.8) is 0 Å². The van der Waals surface area contributed by atoms with E-state index in [2.05, 4.69) is 6.58 Å². The Kier molecular flexibility index (Phi) is 2.25. The van der Waals surface area contributed by atoms with Crippen LogP contribution in [0.3, 0.4) is 0 Å². The lowest BCUT2D eigenvalue weighted by Gasteiger charge is -2.12. The molecule has 0 aliphatic carbocycles. The molecule has 1 aliphatic heterocycles. The molecule has 0 N–H and O–H groups in total. The fraction of sp³-hybridized carbons (Fsp3) is 0.714. The highest BCUT2D eigenvalue weighted by Crippen LogP contribution is 2.05.